The standard InChI is InChI=1S/C8H12O/c1-4-5-6-7(2)8(3)9/h4,6H,1,5H2,2-3H3. The molecule has 0 aliphatic rings. The number of Topliss-reactive ketones (excluding diaryl/α,β-unsaturated/α-hetero) is 1. The normalized spacial score (nSPS) is 11.1. The zero-order valence-corrected chi connectivity index (χ0v) is 5.98. The summed E-state index contributed by atoms with van der Waals surface area (Å²) in [5.74, 6) is 0.136. The molecule has 0 bridgehead atoms. The predicted molar refractivity (Wildman–Crippen MR) is 39.3 cm³/mol. The number of carbonyl (C=O) groups is 1. The minimum absolute atomic E-state index is 0.136. The van der Waals surface area contributed by atoms with E-state index in [2.05, 4.69) is 6.58 Å². The fourth-order valence-corrected chi connectivity index (χ4v) is 0.404. The van der Waals surface area contributed by atoms with Crippen LogP contribution in [0.2, 0.25) is 0 Å². The first-order valence-corrected chi connectivity index (χ1v) is 2.97. The summed E-state index contributed by atoms with van der Waals surface area (Å²) in [6.07, 6.45) is 4.42. The molecule has 0 heterocycles. The Balaban J connectivity index is 3.83. The summed E-state index contributed by atoms with van der Waals surface area (Å²) in [5.41, 5.74) is 0.815. The summed E-state index contributed by atoms with van der Waals surface area (Å²) in [7, 11) is 0. The molecule has 0 unspecified atom stereocenters. The Morgan fingerprint density at radius 3 is 2.44 bits per heavy atom. The van der Waals surface area contributed by atoms with E-state index in [0.717, 1.165) is 12.0 Å². The van der Waals surface area contributed by atoms with Gasteiger partial charge in [-0.3, -0.25) is 4.79 Å². The maximum Gasteiger partial charge on any atom is 0.155 e. The molecule has 0 atom stereocenters. The first kappa shape index (κ1) is 8.15. The molecule has 0 saturated heterocycles. The molecular weight excluding hydrogens is 112 g/mol. The van der Waals surface area contributed by atoms with Crippen LogP contribution < -0.4 is 0 Å². The molecule has 9 heavy (non-hydrogen) atoms. The van der Waals surface area contributed by atoms with Gasteiger partial charge in [-0.15, -0.1) is 6.58 Å². The van der Waals surface area contributed by atoms with Crippen LogP contribution in [0.3, 0.4) is 0 Å². The van der Waals surface area contributed by atoms with E-state index in [1.54, 1.807) is 13.0 Å². The monoisotopic (exact) mass is 124 g/mol. The van der Waals surface area contributed by atoms with Crippen molar-refractivity contribution < 1.29 is 4.79 Å². The van der Waals surface area contributed by atoms with Gasteiger partial charge in [0.15, 0.2) is 5.78 Å². The Hall–Kier alpha value is -0.850. The number of allylic oxidation sites excluding steroid dienone is 3. The molecule has 0 spiro atoms. The molecule has 1 nitrogen and oxygen atoms in total. The van der Waals surface area contributed by atoms with E-state index in [0.29, 0.717) is 0 Å². The third-order valence-corrected chi connectivity index (χ3v) is 1.15. The van der Waals surface area contributed by atoms with Gasteiger partial charge in [0.1, 0.15) is 0 Å². The molecule has 0 radical (unpaired) electrons. The fraction of sp³-hybridized carbons (Fsp3) is 0.375. The molecular formula is C8H12O. The van der Waals surface area contributed by atoms with Gasteiger partial charge in [-0.2, -0.15) is 0 Å². The minimum atomic E-state index is 0.136. The highest BCUT2D eigenvalue weighted by Crippen LogP contribution is 1.95. The number of hydrogen-bond acceptors (Lipinski definition) is 1. The average molecular weight is 124 g/mol. The molecule has 0 N–H and O–H groups in total. The van der Waals surface area contributed by atoms with Crippen molar-refractivity contribution in [1.29, 1.82) is 0 Å². The average Bonchev–Trinajstić information content (AvgIpc) is 1.82. The maximum atomic E-state index is 10.5. The fourth-order valence-electron chi connectivity index (χ4n) is 0.404. The zero-order chi connectivity index (χ0) is 7.28. The van der Waals surface area contributed by atoms with Gasteiger partial charge in [0.05, 0.1) is 0 Å². The molecule has 50 valence electrons. The second-order valence-electron chi connectivity index (χ2n) is 1.97. The van der Waals surface area contributed by atoms with Gasteiger partial charge in [0, 0.05) is 0 Å². The Morgan fingerprint density at radius 2 is 2.11 bits per heavy atom. The predicted octanol–water partition coefficient (Wildman–Crippen LogP) is 2.10. The summed E-state index contributed by atoms with van der Waals surface area (Å²) in [4.78, 5) is 10.5. The summed E-state index contributed by atoms with van der Waals surface area (Å²) < 4.78 is 0. The lowest BCUT2D eigenvalue weighted by molar-refractivity contribution is -0.113. The van der Waals surface area contributed by atoms with Gasteiger partial charge < -0.3 is 0 Å². The van der Waals surface area contributed by atoms with Crippen LogP contribution in [0.15, 0.2) is 24.3 Å². The maximum absolute atomic E-state index is 10.5. The minimum Gasteiger partial charge on any atom is -0.295 e. The van der Waals surface area contributed by atoms with Gasteiger partial charge in [0.25, 0.3) is 0 Å². The van der Waals surface area contributed by atoms with Crippen LogP contribution in [0.25, 0.3) is 0 Å². The van der Waals surface area contributed by atoms with E-state index < -0.39 is 0 Å². The smallest absolute Gasteiger partial charge is 0.155 e. The lowest BCUT2D eigenvalue weighted by atomic mass is 10.2. The molecule has 1 heteroatoms. The molecule has 0 aromatic carbocycles. The summed E-state index contributed by atoms with van der Waals surface area (Å²) in [5, 5.41) is 0. The van der Waals surface area contributed by atoms with E-state index in [4.69, 9.17) is 0 Å². The first-order valence-electron chi connectivity index (χ1n) is 2.97. The van der Waals surface area contributed by atoms with E-state index in [-0.39, 0.29) is 5.78 Å². The second-order valence-corrected chi connectivity index (χ2v) is 1.97. The molecule has 0 saturated carbocycles. The van der Waals surface area contributed by atoms with Crippen molar-refractivity contribution in [3.05, 3.63) is 24.3 Å². The SMILES string of the molecule is C=CCC=C(C)C(C)=O. The second kappa shape index (κ2) is 4.07. The van der Waals surface area contributed by atoms with Gasteiger partial charge in [-0.05, 0) is 25.8 Å². The molecule has 0 aromatic heterocycles. The summed E-state index contributed by atoms with van der Waals surface area (Å²) >= 11 is 0. The first-order chi connectivity index (χ1) is 4.18. The molecule has 0 amide bonds. The highest BCUT2D eigenvalue weighted by Gasteiger charge is 1.91. The molecule has 0 aliphatic carbocycles. The van der Waals surface area contributed by atoms with Crippen LogP contribution in [0.4, 0.5) is 0 Å². The van der Waals surface area contributed by atoms with Crippen LogP contribution in [0, 0.1) is 0 Å². The molecule has 0 rings (SSSR count). The van der Waals surface area contributed by atoms with Crippen molar-refractivity contribution >= 4 is 5.78 Å². The van der Waals surface area contributed by atoms with Crippen LogP contribution in [-0.4, -0.2) is 5.78 Å². The van der Waals surface area contributed by atoms with Crippen molar-refractivity contribution in [1.82, 2.24) is 0 Å². The van der Waals surface area contributed by atoms with Crippen molar-refractivity contribution in [3.63, 3.8) is 0 Å². The number of hydrogen-bond donors (Lipinski definition) is 0. The highest BCUT2D eigenvalue weighted by molar-refractivity contribution is 5.92. The van der Waals surface area contributed by atoms with Crippen LogP contribution in [-0.2, 0) is 4.79 Å². The molecule has 0 aromatic rings. The van der Waals surface area contributed by atoms with Gasteiger partial charge >= 0.3 is 0 Å². The molecule has 0 aliphatic heterocycles. The zero-order valence-electron chi connectivity index (χ0n) is 5.98. The largest absolute Gasteiger partial charge is 0.295 e. The Labute approximate surface area is 56.1 Å². The topological polar surface area (TPSA) is 17.1 Å². The van der Waals surface area contributed by atoms with E-state index in [1.807, 2.05) is 13.0 Å². The Bertz CT molecular complexity index is 143. The van der Waals surface area contributed by atoms with Gasteiger partial charge in [-0.25, -0.2) is 0 Å². The van der Waals surface area contributed by atoms with Crippen molar-refractivity contribution in [3.8, 4) is 0 Å². The third-order valence-electron chi connectivity index (χ3n) is 1.15. The lowest BCUT2D eigenvalue weighted by Gasteiger charge is -1.89. The van der Waals surface area contributed by atoms with Crippen molar-refractivity contribution in [2.45, 2.75) is 20.3 Å². The van der Waals surface area contributed by atoms with Crippen molar-refractivity contribution in [2.75, 3.05) is 0 Å². The Kier molecular flexibility index (Phi) is 3.69. The van der Waals surface area contributed by atoms with Gasteiger partial charge in [-0.1, -0.05) is 12.2 Å². The molecule has 0 fully saturated rings. The quantitative estimate of drug-likeness (QED) is 0.416. The van der Waals surface area contributed by atoms with Crippen molar-refractivity contribution in [2.24, 2.45) is 0 Å². The lowest BCUT2D eigenvalue weighted by Crippen LogP contribution is -1.89. The van der Waals surface area contributed by atoms with Crippen LogP contribution in [0.5, 0.6) is 0 Å². The summed E-state index contributed by atoms with van der Waals surface area (Å²) in [6, 6.07) is 0. The summed E-state index contributed by atoms with van der Waals surface area (Å²) in [6.45, 7) is 6.91. The third kappa shape index (κ3) is 3.71. The highest BCUT2D eigenvalue weighted by atomic mass is 16.1. The number of ketones is 1. The van der Waals surface area contributed by atoms with E-state index >= 15 is 0 Å². The Morgan fingerprint density at radius 1 is 1.56 bits per heavy atom. The van der Waals surface area contributed by atoms with E-state index in [1.165, 1.54) is 0 Å². The van der Waals surface area contributed by atoms with E-state index in [9.17, 15) is 4.79 Å². The number of rotatable bonds is 3. The van der Waals surface area contributed by atoms with Crippen LogP contribution >= 0.6 is 0 Å². The van der Waals surface area contributed by atoms with Crippen LogP contribution in [0.1, 0.15) is 20.3 Å². The number of carbonyl (C=O) groups excluding carboxylic acids is 1. The van der Waals surface area contributed by atoms with Gasteiger partial charge in [0.2, 0.25) is 0 Å².